The number of nitrogens with one attached hydrogen (secondary N) is 1. The second-order valence-electron chi connectivity index (χ2n) is 8.92. The van der Waals surface area contributed by atoms with Gasteiger partial charge in [-0.2, -0.15) is 19.0 Å². The van der Waals surface area contributed by atoms with Gasteiger partial charge >= 0.3 is 6.61 Å². The van der Waals surface area contributed by atoms with Gasteiger partial charge in [-0.3, -0.25) is 9.48 Å². The van der Waals surface area contributed by atoms with Crippen LogP contribution in [-0.4, -0.2) is 82.1 Å². The number of alkyl halides is 2. The van der Waals surface area contributed by atoms with E-state index in [1.807, 2.05) is 7.05 Å². The van der Waals surface area contributed by atoms with Gasteiger partial charge in [0.25, 0.3) is 5.91 Å². The van der Waals surface area contributed by atoms with Crippen molar-refractivity contribution in [2.24, 2.45) is 0 Å². The smallest absolute Gasteiger partial charge is 0.387 e. The zero-order valence-corrected chi connectivity index (χ0v) is 21.1. The van der Waals surface area contributed by atoms with Crippen molar-refractivity contribution < 1.29 is 18.3 Å². The fraction of sp³-hybridized carbons (Fsp3) is 0.261. The highest BCUT2D eigenvalue weighted by molar-refractivity contribution is 6.31. The van der Waals surface area contributed by atoms with Gasteiger partial charge in [0.2, 0.25) is 0 Å². The number of carbonyl (C=O) groups excluding carboxylic acids is 1. The lowest BCUT2D eigenvalue weighted by atomic mass is 10.1. The Kier molecular flexibility index (Phi) is 6.36. The molecule has 0 unspecified atom stereocenters. The Bertz CT molecular complexity index is 1660. The number of aromatic nitrogens is 9. The van der Waals surface area contributed by atoms with Gasteiger partial charge in [0.15, 0.2) is 11.5 Å². The minimum absolute atomic E-state index is 0.122. The van der Waals surface area contributed by atoms with E-state index in [0.29, 0.717) is 11.5 Å². The first kappa shape index (κ1) is 24.8. The third-order valence-corrected chi connectivity index (χ3v) is 6.44. The van der Waals surface area contributed by atoms with E-state index in [9.17, 15) is 13.6 Å². The second-order valence-corrected chi connectivity index (χ2v) is 9.36. The van der Waals surface area contributed by atoms with Gasteiger partial charge in [0.1, 0.15) is 23.6 Å². The Labute approximate surface area is 223 Å². The largest absolute Gasteiger partial charge is 0.434 e. The van der Waals surface area contributed by atoms with Crippen LogP contribution in [0.5, 0.6) is 5.75 Å². The summed E-state index contributed by atoms with van der Waals surface area (Å²) in [6, 6.07) is 5.98. The van der Waals surface area contributed by atoms with E-state index in [2.05, 4.69) is 40.9 Å². The van der Waals surface area contributed by atoms with E-state index in [4.69, 9.17) is 16.3 Å². The highest BCUT2D eigenvalue weighted by Crippen LogP contribution is 2.37. The average molecular weight is 556 g/mol. The lowest BCUT2D eigenvalue weighted by molar-refractivity contribution is -0.0494. The van der Waals surface area contributed by atoms with Gasteiger partial charge in [-0.1, -0.05) is 11.6 Å². The number of fused-ring (bicyclic) bond motifs is 1. The molecule has 1 fully saturated rings. The first-order valence-corrected chi connectivity index (χ1v) is 12.1. The molecule has 5 heterocycles. The molecular formula is C23H20ClF2N11O2. The quantitative estimate of drug-likeness (QED) is 0.307. The summed E-state index contributed by atoms with van der Waals surface area (Å²) >= 11 is 6.20. The van der Waals surface area contributed by atoms with Crippen molar-refractivity contribution in [2.75, 3.05) is 25.5 Å². The first-order chi connectivity index (χ1) is 18.9. The maximum atomic E-state index is 13.3. The molecule has 200 valence electrons. The van der Waals surface area contributed by atoms with E-state index in [1.54, 1.807) is 29.3 Å². The molecule has 1 N–H and O–H groups in total. The number of likely N-dealkylation sites (N-methyl/N-ethyl adjacent to an activating group) is 1. The number of tetrazole rings is 1. The van der Waals surface area contributed by atoms with Crippen LogP contribution in [0.25, 0.3) is 16.9 Å². The molecule has 0 saturated carbocycles. The van der Waals surface area contributed by atoms with E-state index >= 15 is 0 Å². The van der Waals surface area contributed by atoms with Crippen molar-refractivity contribution in [1.82, 2.24) is 49.5 Å². The molecule has 0 atom stereocenters. The van der Waals surface area contributed by atoms with Crippen LogP contribution in [-0.2, 0) is 6.54 Å². The van der Waals surface area contributed by atoms with Crippen LogP contribution in [0.4, 0.5) is 14.5 Å². The topological polar surface area (TPSA) is 133 Å². The molecule has 1 aromatic carbocycles. The third kappa shape index (κ3) is 4.88. The summed E-state index contributed by atoms with van der Waals surface area (Å²) < 4.78 is 35.8. The Hall–Kier alpha value is -4.50. The molecule has 0 bridgehead atoms. The zero-order chi connectivity index (χ0) is 27.1. The lowest BCUT2D eigenvalue weighted by Gasteiger charge is -2.35. The van der Waals surface area contributed by atoms with Gasteiger partial charge < -0.3 is 15.0 Å². The van der Waals surface area contributed by atoms with Gasteiger partial charge in [-0.25, -0.2) is 14.2 Å². The SMILES string of the molecule is CN1CC(n2nnnc2Cn2cc(NC(=O)c3cnn4cccnc34)c(-c3cc(Cl)ccc3OC(F)F)n2)C1. The molecule has 0 radical (unpaired) electrons. The van der Waals surface area contributed by atoms with Crippen molar-refractivity contribution in [2.45, 2.75) is 19.2 Å². The number of rotatable bonds is 8. The predicted octanol–water partition coefficient (Wildman–Crippen LogP) is 2.62. The van der Waals surface area contributed by atoms with Gasteiger partial charge in [-0.05, 0) is 41.7 Å². The highest BCUT2D eigenvalue weighted by Gasteiger charge is 2.29. The standard InChI is InChI=1S/C23H20ClF2N11O2/c1-34-9-14(10-34)37-19(30-32-33-37)12-35-11-17(29-22(38)16-8-28-36-6-2-5-27-21(16)36)20(31-35)15-7-13(24)3-4-18(15)39-23(25)26/h2-8,11,14,23H,9-10,12H2,1H3,(H,29,38). The zero-order valence-electron chi connectivity index (χ0n) is 20.3. The average Bonchev–Trinajstić information content (AvgIpc) is 3.62. The molecule has 1 aliphatic heterocycles. The number of nitrogens with zero attached hydrogens (tertiary/aromatic N) is 10. The van der Waals surface area contributed by atoms with Gasteiger partial charge in [0.05, 0.1) is 17.9 Å². The summed E-state index contributed by atoms with van der Waals surface area (Å²) in [4.78, 5) is 19.6. The summed E-state index contributed by atoms with van der Waals surface area (Å²) in [6.45, 7) is -1.33. The molecule has 16 heteroatoms. The fourth-order valence-electron chi connectivity index (χ4n) is 4.42. The molecule has 39 heavy (non-hydrogen) atoms. The molecule has 0 spiro atoms. The molecule has 1 amide bonds. The number of carbonyl (C=O) groups is 1. The summed E-state index contributed by atoms with van der Waals surface area (Å²) in [5, 5.41) is 23.8. The minimum atomic E-state index is -3.08. The van der Waals surface area contributed by atoms with Crippen LogP contribution in [0.15, 0.2) is 49.1 Å². The number of amides is 1. The van der Waals surface area contributed by atoms with E-state index in [1.165, 1.54) is 33.6 Å². The number of benzene rings is 1. The van der Waals surface area contributed by atoms with Crippen molar-refractivity contribution in [3.05, 3.63) is 65.5 Å². The van der Waals surface area contributed by atoms with Crippen molar-refractivity contribution >= 4 is 28.8 Å². The predicted molar refractivity (Wildman–Crippen MR) is 134 cm³/mol. The van der Waals surface area contributed by atoms with E-state index in [-0.39, 0.29) is 45.9 Å². The summed E-state index contributed by atoms with van der Waals surface area (Å²) in [7, 11) is 2.00. The van der Waals surface area contributed by atoms with Crippen molar-refractivity contribution in [1.29, 1.82) is 0 Å². The summed E-state index contributed by atoms with van der Waals surface area (Å²) in [5.74, 6) is -0.137. The number of likely N-dealkylation sites (tertiary alicyclic amines) is 1. The summed E-state index contributed by atoms with van der Waals surface area (Å²) in [5.41, 5.74) is 1.10. The molecule has 4 aromatic heterocycles. The minimum Gasteiger partial charge on any atom is -0.434 e. The highest BCUT2D eigenvalue weighted by atomic mass is 35.5. The van der Waals surface area contributed by atoms with Gasteiger partial charge in [0, 0.05) is 42.3 Å². The van der Waals surface area contributed by atoms with Crippen LogP contribution >= 0.6 is 11.6 Å². The third-order valence-electron chi connectivity index (χ3n) is 6.20. The lowest BCUT2D eigenvalue weighted by Crippen LogP contribution is -2.45. The maximum Gasteiger partial charge on any atom is 0.387 e. The first-order valence-electron chi connectivity index (χ1n) is 11.7. The molecule has 13 nitrogen and oxygen atoms in total. The second kappa shape index (κ2) is 9.99. The van der Waals surface area contributed by atoms with E-state index in [0.717, 1.165) is 13.1 Å². The maximum absolute atomic E-state index is 13.3. The normalized spacial score (nSPS) is 14.2. The van der Waals surface area contributed by atoms with Crippen LogP contribution in [0.3, 0.4) is 0 Å². The monoisotopic (exact) mass is 555 g/mol. The van der Waals surface area contributed by atoms with Crippen molar-refractivity contribution in [3.63, 3.8) is 0 Å². The number of hydrogen-bond donors (Lipinski definition) is 1. The number of ether oxygens (including phenoxy) is 1. The van der Waals surface area contributed by atoms with Crippen LogP contribution in [0, 0.1) is 0 Å². The fourth-order valence-corrected chi connectivity index (χ4v) is 4.59. The molecule has 1 aliphatic rings. The van der Waals surface area contributed by atoms with Crippen LogP contribution in [0.1, 0.15) is 22.2 Å². The summed E-state index contributed by atoms with van der Waals surface area (Å²) in [6.07, 6.45) is 6.15. The molecule has 1 saturated heterocycles. The van der Waals surface area contributed by atoms with Gasteiger partial charge in [-0.15, -0.1) is 5.10 Å². The van der Waals surface area contributed by atoms with Crippen LogP contribution < -0.4 is 10.1 Å². The number of halogens is 3. The number of anilines is 1. The molecule has 6 rings (SSSR count). The van der Waals surface area contributed by atoms with Crippen molar-refractivity contribution in [3.8, 4) is 17.0 Å². The number of hydrogen-bond acceptors (Lipinski definition) is 9. The molecular weight excluding hydrogens is 536 g/mol. The molecule has 5 aromatic rings. The Morgan fingerprint density at radius 2 is 2.15 bits per heavy atom. The Balaban J connectivity index is 1.39. The molecule has 0 aliphatic carbocycles. The Morgan fingerprint density at radius 1 is 1.31 bits per heavy atom. The Morgan fingerprint density at radius 3 is 2.95 bits per heavy atom. The van der Waals surface area contributed by atoms with Crippen LogP contribution in [0.2, 0.25) is 5.02 Å². The van der Waals surface area contributed by atoms with E-state index < -0.39 is 12.5 Å².